The van der Waals surface area contributed by atoms with E-state index in [2.05, 4.69) is 11.1 Å². The zero-order valence-electron chi connectivity index (χ0n) is 8.69. The Kier molecular flexibility index (Phi) is 2.41. The molecule has 1 saturated heterocycles. The molecule has 3 rings (SSSR count). The number of hydrogen-bond donors (Lipinski definition) is 0. The van der Waals surface area contributed by atoms with Crippen LogP contribution in [0.3, 0.4) is 0 Å². The Hall–Kier alpha value is -0.600. The fraction of sp³-hybridized carbons (Fsp3) is 0.583. The van der Waals surface area contributed by atoms with Gasteiger partial charge in [0, 0.05) is 19.0 Å². The Bertz CT molecular complexity index is 357. The highest BCUT2D eigenvalue weighted by Crippen LogP contribution is 2.39. The molecule has 3 heteroatoms. The van der Waals surface area contributed by atoms with E-state index in [9.17, 15) is 0 Å². The lowest BCUT2D eigenvalue weighted by atomic mass is 9.80. The maximum atomic E-state index is 6.37. The first-order valence-corrected chi connectivity index (χ1v) is 6.06. The average molecular weight is 223 g/mol. The summed E-state index contributed by atoms with van der Waals surface area (Å²) >= 11 is 6.37. The van der Waals surface area contributed by atoms with Gasteiger partial charge in [0.15, 0.2) is 0 Å². The van der Waals surface area contributed by atoms with Gasteiger partial charge in [-0.05, 0) is 48.1 Å². The van der Waals surface area contributed by atoms with Crippen LogP contribution in [0.25, 0.3) is 0 Å². The molecular formula is C12H15ClN2. The van der Waals surface area contributed by atoms with Crippen molar-refractivity contribution in [1.82, 2.24) is 4.42 Å². The highest BCUT2D eigenvalue weighted by atomic mass is 35.5. The van der Waals surface area contributed by atoms with E-state index in [4.69, 9.17) is 11.8 Å². The summed E-state index contributed by atoms with van der Waals surface area (Å²) in [5, 5.41) is 0. The van der Waals surface area contributed by atoms with Crippen LogP contribution in [-0.4, -0.2) is 23.2 Å². The summed E-state index contributed by atoms with van der Waals surface area (Å²) in [7, 11) is 0. The smallest absolute Gasteiger partial charge is 0.0553 e. The molecule has 0 radical (unpaired) electrons. The number of aliphatic imine (C=N–C) groups is 1. The average Bonchev–Trinajstić information content (AvgIpc) is 2.63. The molecule has 0 amide bonds. The number of nitrogens with zero attached hydrogens (tertiary/aromatic N) is 2. The Morgan fingerprint density at radius 2 is 2.33 bits per heavy atom. The first kappa shape index (κ1) is 9.61. The predicted octanol–water partition coefficient (Wildman–Crippen LogP) is 2.91. The molecule has 0 aromatic heterocycles. The van der Waals surface area contributed by atoms with Crippen molar-refractivity contribution in [3.8, 4) is 0 Å². The number of allylic oxidation sites excluding steroid dienone is 1. The van der Waals surface area contributed by atoms with Crippen molar-refractivity contribution in [3.63, 3.8) is 0 Å². The third-order valence-electron chi connectivity index (χ3n) is 3.66. The SMILES string of the molecule is ClN1CCCCC2CC=C3C=NC=C3C21. The highest BCUT2D eigenvalue weighted by Gasteiger charge is 2.36. The van der Waals surface area contributed by atoms with Crippen LogP contribution in [0.4, 0.5) is 0 Å². The van der Waals surface area contributed by atoms with E-state index in [-0.39, 0.29) is 0 Å². The van der Waals surface area contributed by atoms with Gasteiger partial charge >= 0.3 is 0 Å². The summed E-state index contributed by atoms with van der Waals surface area (Å²) < 4.78 is 2.01. The molecule has 1 aliphatic carbocycles. The molecule has 80 valence electrons. The molecule has 0 aromatic rings. The van der Waals surface area contributed by atoms with Gasteiger partial charge in [-0.1, -0.05) is 12.5 Å². The minimum atomic E-state index is 0.400. The Morgan fingerprint density at radius 3 is 3.27 bits per heavy atom. The fourth-order valence-electron chi connectivity index (χ4n) is 2.89. The number of halogens is 1. The summed E-state index contributed by atoms with van der Waals surface area (Å²) in [5.74, 6) is 0.696. The first-order chi connectivity index (χ1) is 7.36. The molecule has 0 aromatic carbocycles. The van der Waals surface area contributed by atoms with E-state index in [1.54, 1.807) is 0 Å². The minimum absolute atomic E-state index is 0.400. The molecule has 0 spiro atoms. The van der Waals surface area contributed by atoms with Crippen molar-refractivity contribution >= 4 is 18.0 Å². The molecule has 0 saturated carbocycles. The van der Waals surface area contributed by atoms with E-state index in [1.807, 2.05) is 16.8 Å². The standard InChI is InChI=1S/C12H15ClN2/c13-15-6-2-1-3-9-4-5-10-7-14-8-11(10)12(9)15/h5,7-9,12H,1-4,6H2. The van der Waals surface area contributed by atoms with Crippen LogP contribution < -0.4 is 0 Å². The quantitative estimate of drug-likeness (QED) is 0.576. The van der Waals surface area contributed by atoms with Crippen molar-refractivity contribution in [1.29, 1.82) is 0 Å². The van der Waals surface area contributed by atoms with Crippen LogP contribution in [0.2, 0.25) is 0 Å². The van der Waals surface area contributed by atoms with Crippen molar-refractivity contribution in [3.05, 3.63) is 23.4 Å². The minimum Gasteiger partial charge on any atom is -0.264 e. The van der Waals surface area contributed by atoms with Gasteiger partial charge in [-0.15, -0.1) is 0 Å². The van der Waals surface area contributed by atoms with E-state index >= 15 is 0 Å². The number of hydrogen-bond acceptors (Lipinski definition) is 2. The first-order valence-electron chi connectivity index (χ1n) is 5.72. The van der Waals surface area contributed by atoms with Crippen LogP contribution in [0.1, 0.15) is 25.7 Å². The van der Waals surface area contributed by atoms with Crippen molar-refractivity contribution < 1.29 is 0 Å². The summed E-state index contributed by atoms with van der Waals surface area (Å²) in [6, 6.07) is 0.400. The van der Waals surface area contributed by atoms with E-state index < -0.39 is 0 Å². The molecule has 0 bridgehead atoms. The monoisotopic (exact) mass is 222 g/mol. The van der Waals surface area contributed by atoms with Gasteiger partial charge in [-0.3, -0.25) is 4.99 Å². The van der Waals surface area contributed by atoms with Gasteiger partial charge in [0.1, 0.15) is 0 Å². The third-order valence-corrected chi connectivity index (χ3v) is 4.04. The molecule has 2 unspecified atom stereocenters. The number of fused-ring (bicyclic) bond motifs is 3. The lowest BCUT2D eigenvalue weighted by molar-refractivity contribution is 0.295. The predicted molar refractivity (Wildman–Crippen MR) is 63.0 cm³/mol. The molecular weight excluding hydrogens is 208 g/mol. The molecule has 2 nitrogen and oxygen atoms in total. The third kappa shape index (κ3) is 1.56. The van der Waals surface area contributed by atoms with E-state index in [0.717, 1.165) is 13.0 Å². The summed E-state index contributed by atoms with van der Waals surface area (Å²) in [4.78, 5) is 4.24. The zero-order chi connectivity index (χ0) is 10.3. The molecule has 2 aliphatic heterocycles. The van der Waals surface area contributed by atoms with Gasteiger partial charge in [-0.25, -0.2) is 4.42 Å². The van der Waals surface area contributed by atoms with Crippen molar-refractivity contribution in [2.45, 2.75) is 31.7 Å². The van der Waals surface area contributed by atoms with Gasteiger partial charge in [0.25, 0.3) is 0 Å². The molecule has 1 fully saturated rings. The normalized spacial score (nSPS) is 35.3. The van der Waals surface area contributed by atoms with Crippen LogP contribution in [0.15, 0.2) is 28.4 Å². The van der Waals surface area contributed by atoms with Crippen molar-refractivity contribution in [2.75, 3.05) is 6.54 Å². The van der Waals surface area contributed by atoms with Gasteiger partial charge < -0.3 is 0 Å². The molecule has 15 heavy (non-hydrogen) atoms. The lowest BCUT2D eigenvalue weighted by Crippen LogP contribution is -2.37. The van der Waals surface area contributed by atoms with Gasteiger partial charge in [0.05, 0.1) is 6.04 Å². The van der Waals surface area contributed by atoms with E-state index in [1.165, 1.54) is 30.4 Å². The Morgan fingerprint density at radius 1 is 1.40 bits per heavy atom. The van der Waals surface area contributed by atoms with Crippen LogP contribution >= 0.6 is 11.8 Å². The fourth-order valence-corrected chi connectivity index (χ4v) is 3.27. The van der Waals surface area contributed by atoms with Crippen LogP contribution in [0.5, 0.6) is 0 Å². The lowest BCUT2D eigenvalue weighted by Gasteiger charge is -2.34. The van der Waals surface area contributed by atoms with Crippen LogP contribution in [-0.2, 0) is 0 Å². The highest BCUT2D eigenvalue weighted by molar-refractivity contribution is 6.14. The second-order valence-corrected chi connectivity index (χ2v) is 5.02. The summed E-state index contributed by atoms with van der Waals surface area (Å²) in [6.07, 6.45) is 11.3. The Balaban J connectivity index is 1.96. The molecule has 3 aliphatic rings. The van der Waals surface area contributed by atoms with Crippen LogP contribution in [0, 0.1) is 5.92 Å². The molecule has 0 N–H and O–H groups in total. The Labute approximate surface area is 95.4 Å². The van der Waals surface area contributed by atoms with Gasteiger partial charge in [0.2, 0.25) is 0 Å². The maximum absolute atomic E-state index is 6.37. The molecule has 2 heterocycles. The number of rotatable bonds is 0. The summed E-state index contributed by atoms with van der Waals surface area (Å²) in [6.45, 7) is 1.01. The van der Waals surface area contributed by atoms with Crippen molar-refractivity contribution in [2.24, 2.45) is 10.9 Å². The summed E-state index contributed by atoms with van der Waals surface area (Å²) in [5.41, 5.74) is 2.63. The zero-order valence-corrected chi connectivity index (χ0v) is 9.45. The topological polar surface area (TPSA) is 15.6 Å². The van der Waals surface area contributed by atoms with Gasteiger partial charge in [-0.2, -0.15) is 0 Å². The van der Waals surface area contributed by atoms with E-state index in [0.29, 0.717) is 12.0 Å². The maximum Gasteiger partial charge on any atom is 0.0553 e. The molecule has 2 atom stereocenters. The largest absolute Gasteiger partial charge is 0.264 e. The second kappa shape index (κ2) is 3.76. The second-order valence-electron chi connectivity index (χ2n) is 4.58.